The maximum Gasteiger partial charge on any atom is 0.145 e. The number of allylic oxidation sites excluding steroid dienone is 3. The second-order valence-corrected chi connectivity index (χ2v) is 15.7. The van der Waals surface area contributed by atoms with E-state index >= 15 is 0 Å². The number of rotatable bonds is 7. The Morgan fingerprint density at radius 1 is 0.377 bits per heavy atom. The lowest BCUT2D eigenvalue weighted by atomic mass is 9.81. The van der Waals surface area contributed by atoms with Gasteiger partial charge in [0.25, 0.3) is 0 Å². The van der Waals surface area contributed by atoms with Crippen LogP contribution >= 0.6 is 0 Å². The molecule has 0 bridgehead atoms. The first-order valence-corrected chi connectivity index (χ1v) is 21.2. The third-order valence-corrected chi connectivity index (χ3v) is 12.1. The van der Waals surface area contributed by atoms with E-state index in [1.807, 2.05) is 0 Å². The predicted molar refractivity (Wildman–Crippen MR) is 258 cm³/mol. The topological polar surface area (TPSA) is 17.8 Å². The van der Waals surface area contributed by atoms with E-state index in [4.69, 9.17) is 4.98 Å². The van der Waals surface area contributed by atoms with E-state index < -0.39 is 0 Å². The number of para-hydroxylation sites is 1. The van der Waals surface area contributed by atoms with E-state index in [0.717, 1.165) is 41.2 Å². The molecule has 61 heavy (non-hydrogen) atoms. The van der Waals surface area contributed by atoms with Gasteiger partial charge in [-0.05, 0) is 114 Å². The molecule has 1 aromatic heterocycles. The molecule has 1 aliphatic carbocycles. The van der Waals surface area contributed by atoms with Gasteiger partial charge in [-0.25, -0.2) is 4.98 Å². The number of nitrogens with zero attached hydrogens (tertiary/aromatic N) is 2. The van der Waals surface area contributed by atoms with Crippen LogP contribution in [0.1, 0.15) is 17.8 Å². The van der Waals surface area contributed by atoms with E-state index in [2.05, 4.69) is 235 Å². The molecule has 11 rings (SSSR count). The Morgan fingerprint density at radius 3 is 1.49 bits per heavy atom. The van der Waals surface area contributed by atoms with Crippen LogP contribution in [0.25, 0.3) is 100 Å². The lowest BCUT2D eigenvalue weighted by molar-refractivity contribution is 0.885. The monoisotopic (exact) mass is 778 g/mol. The van der Waals surface area contributed by atoms with Gasteiger partial charge in [-0.1, -0.05) is 206 Å². The van der Waals surface area contributed by atoms with Crippen LogP contribution in [-0.2, 0) is 6.42 Å². The molecular formula is C59H42N2. The highest BCUT2D eigenvalue weighted by atomic mass is 15.1. The summed E-state index contributed by atoms with van der Waals surface area (Å²) in [5.41, 5.74) is 16.6. The summed E-state index contributed by atoms with van der Waals surface area (Å²) in [4.78, 5) is 5.26. The van der Waals surface area contributed by atoms with E-state index in [1.54, 1.807) is 0 Å². The molecule has 9 aromatic carbocycles. The van der Waals surface area contributed by atoms with Crippen LogP contribution in [0, 0.1) is 0 Å². The van der Waals surface area contributed by atoms with Crippen LogP contribution in [0.2, 0.25) is 0 Å². The number of hydrogen-bond donors (Lipinski definition) is 0. The summed E-state index contributed by atoms with van der Waals surface area (Å²) >= 11 is 0. The zero-order valence-corrected chi connectivity index (χ0v) is 33.7. The van der Waals surface area contributed by atoms with Gasteiger partial charge in [0, 0.05) is 11.3 Å². The molecule has 0 atom stereocenters. The third-order valence-electron chi connectivity index (χ3n) is 12.1. The Kier molecular flexibility index (Phi) is 9.37. The van der Waals surface area contributed by atoms with E-state index in [-0.39, 0.29) is 0 Å². The first-order valence-electron chi connectivity index (χ1n) is 21.2. The highest BCUT2D eigenvalue weighted by Crippen LogP contribution is 2.48. The van der Waals surface area contributed by atoms with Crippen molar-refractivity contribution in [3.63, 3.8) is 0 Å². The van der Waals surface area contributed by atoms with Gasteiger partial charge >= 0.3 is 0 Å². The summed E-state index contributed by atoms with van der Waals surface area (Å²) in [6.45, 7) is 0. The molecule has 1 aliphatic rings. The summed E-state index contributed by atoms with van der Waals surface area (Å²) in [6.07, 6.45) is 10.5. The van der Waals surface area contributed by atoms with Crippen molar-refractivity contribution < 1.29 is 0 Å². The maximum absolute atomic E-state index is 5.26. The average Bonchev–Trinajstić information content (AvgIpc) is 3.68. The molecule has 0 N–H and O–H groups in total. The molecule has 2 nitrogen and oxygen atoms in total. The predicted octanol–water partition coefficient (Wildman–Crippen LogP) is 15.7. The first kappa shape index (κ1) is 36.3. The summed E-state index contributed by atoms with van der Waals surface area (Å²) in [6, 6.07) is 75.1. The second-order valence-electron chi connectivity index (χ2n) is 15.7. The lowest BCUT2D eigenvalue weighted by Crippen LogP contribution is -2.03. The molecule has 0 unspecified atom stereocenters. The first-order chi connectivity index (χ1) is 30.3. The smallest absolute Gasteiger partial charge is 0.145 e. The standard InChI is InChI=1S/C59H42N2/c1-2-13-33-56-55(32-12-1)60-59(61(56)46-24-10-5-11-25-46)44-36-34-41(35-37-44)45-38-39-53-54(40-45)58(50-29-17-15-27-48(50)43-22-8-4-9-23-43)52-31-19-18-30-51(52)57(53)49-28-16-14-26-47(49)42-20-6-3-7-21-42/h1-12,14-32,34-40H,13,33H2. The molecule has 1 heterocycles. The lowest BCUT2D eigenvalue weighted by Gasteiger charge is -2.22. The fraction of sp³-hybridized carbons (Fsp3) is 0.0339. The van der Waals surface area contributed by atoms with Crippen molar-refractivity contribution in [2.75, 3.05) is 0 Å². The third kappa shape index (κ3) is 6.59. The van der Waals surface area contributed by atoms with Crippen molar-refractivity contribution in [3.8, 4) is 72.7 Å². The highest BCUT2D eigenvalue weighted by molar-refractivity contribution is 6.23. The molecular weight excluding hydrogens is 737 g/mol. The molecule has 0 fully saturated rings. The fourth-order valence-electron chi connectivity index (χ4n) is 9.33. The molecule has 0 aliphatic heterocycles. The second kappa shape index (κ2) is 15.7. The van der Waals surface area contributed by atoms with Gasteiger partial charge in [-0.3, -0.25) is 4.57 Å². The molecule has 0 spiro atoms. The van der Waals surface area contributed by atoms with Crippen LogP contribution in [0.5, 0.6) is 0 Å². The van der Waals surface area contributed by atoms with Gasteiger partial charge in [0.05, 0.1) is 11.4 Å². The summed E-state index contributed by atoms with van der Waals surface area (Å²) in [7, 11) is 0. The van der Waals surface area contributed by atoms with Crippen molar-refractivity contribution in [2.24, 2.45) is 0 Å². The fourth-order valence-corrected chi connectivity index (χ4v) is 9.33. The van der Waals surface area contributed by atoms with Crippen LogP contribution < -0.4 is 0 Å². The van der Waals surface area contributed by atoms with Gasteiger partial charge in [-0.2, -0.15) is 0 Å². The van der Waals surface area contributed by atoms with Gasteiger partial charge < -0.3 is 0 Å². The Labute approximate surface area is 357 Å². The van der Waals surface area contributed by atoms with Crippen LogP contribution in [0.15, 0.2) is 224 Å². The minimum atomic E-state index is 0.926. The molecule has 0 radical (unpaired) electrons. The van der Waals surface area contributed by atoms with Gasteiger partial charge in [0.2, 0.25) is 0 Å². The van der Waals surface area contributed by atoms with Crippen molar-refractivity contribution in [2.45, 2.75) is 12.8 Å². The number of aromatic nitrogens is 2. The Balaban J connectivity index is 1.13. The van der Waals surface area contributed by atoms with Gasteiger partial charge in [0.15, 0.2) is 0 Å². The minimum absolute atomic E-state index is 0.926. The van der Waals surface area contributed by atoms with Crippen LogP contribution in [0.3, 0.4) is 0 Å². The molecule has 2 heteroatoms. The van der Waals surface area contributed by atoms with E-state index in [1.165, 1.54) is 77.3 Å². The zero-order chi connectivity index (χ0) is 40.5. The van der Waals surface area contributed by atoms with Crippen LogP contribution in [-0.4, -0.2) is 9.55 Å². The van der Waals surface area contributed by atoms with Crippen molar-refractivity contribution in [1.82, 2.24) is 9.55 Å². The summed E-state index contributed by atoms with van der Waals surface area (Å²) < 4.78 is 2.35. The maximum atomic E-state index is 5.26. The van der Waals surface area contributed by atoms with E-state index in [9.17, 15) is 0 Å². The zero-order valence-electron chi connectivity index (χ0n) is 33.7. The van der Waals surface area contributed by atoms with Gasteiger partial charge in [-0.15, -0.1) is 0 Å². The number of hydrogen-bond acceptors (Lipinski definition) is 1. The van der Waals surface area contributed by atoms with Crippen molar-refractivity contribution in [3.05, 3.63) is 236 Å². The SMILES string of the molecule is C1=CCCc2c(nc(-c3ccc(-c4ccc5c(-c6ccccc6-c6ccccc6)c6ccccc6c(-c6ccccc6-c6ccccc6)c5c4)cc3)n2-c2ccccc2)C=C1. The molecule has 0 amide bonds. The Bertz CT molecular complexity index is 3260. The molecule has 10 aromatic rings. The minimum Gasteiger partial charge on any atom is -0.296 e. The number of imidazole rings is 1. The average molecular weight is 779 g/mol. The molecule has 0 saturated heterocycles. The Morgan fingerprint density at radius 2 is 0.869 bits per heavy atom. The molecule has 288 valence electrons. The van der Waals surface area contributed by atoms with Gasteiger partial charge in [0.1, 0.15) is 5.82 Å². The van der Waals surface area contributed by atoms with Crippen molar-refractivity contribution >= 4 is 27.6 Å². The highest BCUT2D eigenvalue weighted by Gasteiger charge is 2.22. The summed E-state index contributed by atoms with van der Waals surface area (Å²) in [5.74, 6) is 0.959. The van der Waals surface area contributed by atoms with E-state index in [0.29, 0.717) is 0 Å². The quantitative estimate of drug-likeness (QED) is 0.147. The number of benzene rings is 9. The largest absolute Gasteiger partial charge is 0.296 e. The van der Waals surface area contributed by atoms with Crippen molar-refractivity contribution in [1.29, 1.82) is 0 Å². The van der Waals surface area contributed by atoms with Crippen LogP contribution in [0.4, 0.5) is 0 Å². The Hall–Kier alpha value is -7.81. The molecule has 0 saturated carbocycles. The summed E-state index contributed by atoms with van der Waals surface area (Å²) in [5, 5.41) is 4.92. The normalized spacial score (nSPS) is 12.3. The number of fused-ring (bicyclic) bond motifs is 3.